The van der Waals surface area contributed by atoms with Crippen molar-refractivity contribution in [3.05, 3.63) is 51.6 Å². The van der Waals surface area contributed by atoms with Gasteiger partial charge >= 0.3 is 5.97 Å². The summed E-state index contributed by atoms with van der Waals surface area (Å²) in [6.45, 7) is 1.93. The van der Waals surface area contributed by atoms with Gasteiger partial charge in [-0.25, -0.2) is 9.78 Å². The summed E-state index contributed by atoms with van der Waals surface area (Å²) < 4.78 is 2.83. The molecule has 20 heavy (non-hydrogen) atoms. The highest BCUT2D eigenvalue weighted by Crippen LogP contribution is 2.27. The maximum atomic E-state index is 11.1. The molecule has 3 aromatic heterocycles. The van der Waals surface area contributed by atoms with Crippen LogP contribution in [0.4, 0.5) is 0 Å². The number of carbonyl (C=O) groups is 1. The van der Waals surface area contributed by atoms with Gasteiger partial charge in [0.1, 0.15) is 5.65 Å². The number of carboxylic acids is 1. The monoisotopic (exact) mass is 379 g/mol. The Labute approximate surface area is 128 Å². The average Bonchev–Trinajstić information content (AvgIpc) is 2.89. The van der Waals surface area contributed by atoms with Crippen LogP contribution in [0.15, 0.2) is 36.7 Å². The van der Waals surface area contributed by atoms with Crippen LogP contribution in [0.5, 0.6) is 0 Å². The molecule has 100 valence electrons. The minimum absolute atomic E-state index is 0.0345. The maximum Gasteiger partial charge on any atom is 0.356 e. The molecule has 0 aliphatic rings. The Morgan fingerprint density at radius 1 is 1.40 bits per heavy atom. The maximum absolute atomic E-state index is 11.1. The highest BCUT2D eigenvalue weighted by Gasteiger charge is 2.16. The molecular weight excluding hydrogens is 369 g/mol. The van der Waals surface area contributed by atoms with Gasteiger partial charge < -0.3 is 9.51 Å². The number of aryl methyl sites for hydroxylation is 1. The van der Waals surface area contributed by atoms with E-state index in [4.69, 9.17) is 5.11 Å². The minimum Gasteiger partial charge on any atom is -0.476 e. The molecule has 0 spiro atoms. The molecule has 0 aliphatic carbocycles. The van der Waals surface area contributed by atoms with Crippen molar-refractivity contribution in [1.29, 1.82) is 0 Å². The van der Waals surface area contributed by atoms with Gasteiger partial charge in [0.2, 0.25) is 0 Å². The molecule has 3 rings (SSSR count). The Hall–Kier alpha value is -1.96. The Balaban J connectivity index is 2.37. The number of imidazole rings is 1. The second-order valence-electron chi connectivity index (χ2n) is 4.33. The molecular formula is C14H10IN3O2. The topological polar surface area (TPSA) is 67.5 Å². The smallest absolute Gasteiger partial charge is 0.356 e. The number of rotatable bonds is 2. The lowest BCUT2D eigenvalue weighted by Gasteiger charge is -2.08. The van der Waals surface area contributed by atoms with E-state index in [1.165, 1.54) is 0 Å². The zero-order valence-electron chi connectivity index (χ0n) is 10.5. The molecule has 5 nitrogen and oxygen atoms in total. The van der Waals surface area contributed by atoms with Crippen molar-refractivity contribution in [3.8, 4) is 11.3 Å². The van der Waals surface area contributed by atoms with Crippen molar-refractivity contribution in [2.45, 2.75) is 6.92 Å². The van der Waals surface area contributed by atoms with E-state index in [-0.39, 0.29) is 5.69 Å². The molecule has 0 aromatic carbocycles. The SMILES string of the molecule is Cc1c(I)cc(-c2ccccn2)c2nc(C(=O)O)cn12. The van der Waals surface area contributed by atoms with Gasteiger partial charge in [-0.2, -0.15) is 0 Å². The van der Waals surface area contributed by atoms with Gasteiger partial charge in [0, 0.05) is 27.2 Å². The lowest BCUT2D eigenvalue weighted by Crippen LogP contribution is -1.97. The Morgan fingerprint density at radius 2 is 2.20 bits per heavy atom. The molecule has 3 heterocycles. The van der Waals surface area contributed by atoms with E-state index in [2.05, 4.69) is 32.6 Å². The molecule has 0 radical (unpaired) electrons. The van der Waals surface area contributed by atoms with E-state index in [9.17, 15) is 4.79 Å². The summed E-state index contributed by atoms with van der Waals surface area (Å²) in [6, 6.07) is 7.60. The summed E-state index contributed by atoms with van der Waals surface area (Å²) in [7, 11) is 0. The van der Waals surface area contributed by atoms with Crippen molar-refractivity contribution >= 4 is 34.2 Å². The fourth-order valence-corrected chi connectivity index (χ4v) is 2.62. The molecule has 0 saturated carbocycles. The predicted octanol–water partition coefficient (Wildman–Crippen LogP) is 3.01. The Bertz CT molecular complexity index is 812. The van der Waals surface area contributed by atoms with E-state index in [1.807, 2.05) is 31.2 Å². The zero-order chi connectivity index (χ0) is 14.3. The molecule has 1 N–H and O–H groups in total. The molecule has 0 amide bonds. The second kappa shape index (κ2) is 4.86. The van der Waals surface area contributed by atoms with Crippen LogP contribution < -0.4 is 0 Å². The normalized spacial score (nSPS) is 10.9. The molecule has 0 saturated heterocycles. The highest BCUT2D eigenvalue weighted by atomic mass is 127. The molecule has 0 unspecified atom stereocenters. The van der Waals surface area contributed by atoms with Crippen molar-refractivity contribution in [2.75, 3.05) is 0 Å². The van der Waals surface area contributed by atoms with Crippen LogP contribution in [0.2, 0.25) is 0 Å². The van der Waals surface area contributed by atoms with Crippen molar-refractivity contribution in [1.82, 2.24) is 14.4 Å². The third-order valence-electron chi connectivity index (χ3n) is 3.08. The first-order valence-electron chi connectivity index (χ1n) is 5.91. The van der Waals surface area contributed by atoms with Crippen LogP contribution in [-0.4, -0.2) is 25.4 Å². The van der Waals surface area contributed by atoms with Crippen molar-refractivity contribution in [3.63, 3.8) is 0 Å². The second-order valence-corrected chi connectivity index (χ2v) is 5.49. The number of pyridine rings is 2. The molecule has 0 aliphatic heterocycles. The summed E-state index contributed by atoms with van der Waals surface area (Å²) >= 11 is 2.23. The molecule has 3 aromatic rings. The van der Waals surface area contributed by atoms with Gasteiger partial charge in [-0.05, 0) is 47.7 Å². The quantitative estimate of drug-likeness (QED) is 0.696. The first-order valence-corrected chi connectivity index (χ1v) is 6.98. The van der Waals surface area contributed by atoms with Gasteiger partial charge in [0.05, 0.1) is 5.69 Å². The summed E-state index contributed by atoms with van der Waals surface area (Å²) in [5.41, 5.74) is 3.21. The number of aromatic carboxylic acids is 1. The number of aromatic nitrogens is 3. The molecule has 0 atom stereocenters. The van der Waals surface area contributed by atoms with Crippen LogP contribution >= 0.6 is 22.6 Å². The number of halogens is 1. The third-order valence-corrected chi connectivity index (χ3v) is 4.18. The zero-order valence-corrected chi connectivity index (χ0v) is 12.7. The first kappa shape index (κ1) is 13.0. The van der Waals surface area contributed by atoms with E-state index in [0.717, 1.165) is 20.5 Å². The lowest BCUT2D eigenvalue weighted by atomic mass is 10.1. The van der Waals surface area contributed by atoms with Gasteiger partial charge in [-0.15, -0.1) is 0 Å². The fraction of sp³-hybridized carbons (Fsp3) is 0.0714. The van der Waals surface area contributed by atoms with E-state index < -0.39 is 5.97 Å². The Morgan fingerprint density at radius 3 is 2.85 bits per heavy atom. The number of carboxylic acid groups (broad SMARTS) is 1. The number of nitrogens with zero attached hydrogens (tertiary/aromatic N) is 3. The first-order chi connectivity index (χ1) is 9.58. The molecule has 6 heteroatoms. The van der Waals surface area contributed by atoms with Gasteiger partial charge in [-0.1, -0.05) is 6.07 Å². The van der Waals surface area contributed by atoms with E-state index >= 15 is 0 Å². The van der Waals surface area contributed by atoms with Crippen LogP contribution in [0.3, 0.4) is 0 Å². The number of hydrogen-bond acceptors (Lipinski definition) is 3. The third kappa shape index (κ3) is 2.05. The minimum atomic E-state index is -1.03. The van der Waals surface area contributed by atoms with E-state index in [1.54, 1.807) is 16.8 Å². The fourth-order valence-electron chi connectivity index (χ4n) is 2.05. The van der Waals surface area contributed by atoms with Crippen LogP contribution in [0.25, 0.3) is 16.9 Å². The number of fused-ring (bicyclic) bond motifs is 1. The highest BCUT2D eigenvalue weighted by molar-refractivity contribution is 14.1. The molecule has 0 bridgehead atoms. The van der Waals surface area contributed by atoms with E-state index in [0.29, 0.717) is 5.65 Å². The van der Waals surface area contributed by atoms with Crippen molar-refractivity contribution < 1.29 is 9.90 Å². The molecule has 0 fully saturated rings. The lowest BCUT2D eigenvalue weighted by molar-refractivity contribution is 0.0691. The van der Waals surface area contributed by atoms with Crippen LogP contribution in [-0.2, 0) is 0 Å². The van der Waals surface area contributed by atoms with Gasteiger partial charge in [0.15, 0.2) is 5.69 Å². The standard InChI is InChI=1S/C14H10IN3O2/c1-8-10(15)6-9(11-4-2-3-5-16-11)13-17-12(14(19)20)7-18(8)13/h2-7H,1H3,(H,19,20). The Kier molecular flexibility index (Phi) is 3.17. The van der Waals surface area contributed by atoms with Crippen molar-refractivity contribution in [2.24, 2.45) is 0 Å². The van der Waals surface area contributed by atoms with Gasteiger partial charge in [0.25, 0.3) is 0 Å². The summed E-state index contributed by atoms with van der Waals surface area (Å²) in [5.74, 6) is -1.03. The van der Waals surface area contributed by atoms with Crippen LogP contribution in [0.1, 0.15) is 16.2 Å². The van der Waals surface area contributed by atoms with Gasteiger partial charge in [-0.3, -0.25) is 4.98 Å². The predicted molar refractivity (Wildman–Crippen MR) is 82.8 cm³/mol. The largest absolute Gasteiger partial charge is 0.476 e. The summed E-state index contributed by atoms with van der Waals surface area (Å²) in [5, 5.41) is 9.11. The van der Waals surface area contributed by atoms with Crippen LogP contribution in [0, 0.1) is 10.5 Å². The summed E-state index contributed by atoms with van der Waals surface area (Å²) in [6.07, 6.45) is 3.25. The summed E-state index contributed by atoms with van der Waals surface area (Å²) in [4.78, 5) is 19.7. The number of hydrogen-bond donors (Lipinski definition) is 1. The average molecular weight is 379 g/mol.